The first kappa shape index (κ1) is 21.5. The summed E-state index contributed by atoms with van der Waals surface area (Å²) >= 11 is 0. The van der Waals surface area contributed by atoms with Crippen LogP contribution in [-0.2, 0) is 6.42 Å². The second-order valence-corrected chi connectivity index (χ2v) is 9.01. The van der Waals surface area contributed by atoms with Crippen molar-refractivity contribution in [3.63, 3.8) is 0 Å². The van der Waals surface area contributed by atoms with Gasteiger partial charge < -0.3 is 0 Å². The van der Waals surface area contributed by atoms with Crippen LogP contribution >= 0.6 is 0 Å². The largest absolute Gasteiger partial charge is 0.205 e. The van der Waals surface area contributed by atoms with Gasteiger partial charge in [0, 0.05) is 5.39 Å². The molecule has 1 fully saturated rings. The molecule has 4 rings (SSSR count). The van der Waals surface area contributed by atoms with Gasteiger partial charge in [-0.25, -0.2) is 8.78 Å². The first-order valence-corrected chi connectivity index (χ1v) is 11.5. The highest BCUT2D eigenvalue weighted by Crippen LogP contribution is 2.34. The van der Waals surface area contributed by atoms with Gasteiger partial charge in [-0.15, -0.1) is 0 Å². The first-order valence-electron chi connectivity index (χ1n) is 11.5. The maximum atomic E-state index is 14.4. The van der Waals surface area contributed by atoms with Crippen LogP contribution in [0, 0.1) is 34.8 Å². The van der Waals surface area contributed by atoms with Crippen molar-refractivity contribution >= 4 is 10.8 Å². The number of fused-ring (bicyclic) bond motifs is 1. The Morgan fingerprint density at radius 3 is 2.16 bits per heavy atom. The average molecular weight is 418 g/mol. The molecule has 0 aromatic heterocycles. The Bertz CT molecular complexity index is 1090. The number of halogens is 2. The van der Waals surface area contributed by atoms with Gasteiger partial charge in [0.1, 0.15) is 17.4 Å². The molecule has 3 aromatic carbocycles. The molecule has 0 bridgehead atoms. The quantitative estimate of drug-likeness (QED) is 0.396. The molecule has 0 unspecified atom stereocenters. The maximum Gasteiger partial charge on any atom is 0.151 e. The highest BCUT2D eigenvalue weighted by molar-refractivity contribution is 5.89. The molecule has 160 valence electrons. The van der Waals surface area contributed by atoms with Crippen LogP contribution < -0.4 is 0 Å². The Morgan fingerprint density at radius 1 is 0.871 bits per heavy atom. The molecule has 3 aromatic rings. The zero-order valence-corrected chi connectivity index (χ0v) is 18.1. The SMILES string of the molecule is CCCC1CCC(CCc2ccc(-c3ccc4c(F)c(C#N)c(F)cc4c3)cc2)CC1. The molecular weight excluding hydrogens is 388 g/mol. The lowest BCUT2D eigenvalue weighted by molar-refractivity contribution is 0.252. The monoisotopic (exact) mass is 417 g/mol. The van der Waals surface area contributed by atoms with E-state index in [0.29, 0.717) is 5.39 Å². The van der Waals surface area contributed by atoms with E-state index in [4.69, 9.17) is 5.26 Å². The van der Waals surface area contributed by atoms with Crippen LogP contribution in [0.25, 0.3) is 21.9 Å². The number of nitriles is 1. The lowest BCUT2D eigenvalue weighted by Crippen LogP contribution is -2.15. The molecule has 1 aliphatic carbocycles. The van der Waals surface area contributed by atoms with E-state index >= 15 is 0 Å². The van der Waals surface area contributed by atoms with Gasteiger partial charge in [-0.3, -0.25) is 0 Å². The smallest absolute Gasteiger partial charge is 0.151 e. The number of hydrogen-bond donors (Lipinski definition) is 0. The number of nitrogens with zero attached hydrogens (tertiary/aromatic N) is 1. The summed E-state index contributed by atoms with van der Waals surface area (Å²) in [6.45, 7) is 2.29. The van der Waals surface area contributed by atoms with Crippen molar-refractivity contribution in [2.45, 2.75) is 58.3 Å². The zero-order chi connectivity index (χ0) is 21.8. The second-order valence-electron chi connectivity index (χ2n) is 9.01. The molecule has 31 heavy (non-hydrogen) atoms. The Balaban J connectivity index is 1.42. The highest BCUT2D eigenvalue weighted by atomic mass is 19.1. The van der Waals surface area contributed by atoms with Crippen LogP contribution in [0.1, 0.15) is 63.0 Å². The highest BCUT2D eigenvalue weighted by Gasteiger charge is 2.20. The average Bonchev–Trinajstić information content (AvgIpc) is 2.79. The Kier molecular flexibility index (Phi) is 6.66. The molecule has 0 amide bonds. The third kappa shape index (κ3) is 4.79. The molecule has 0 heterocycles. The lowest BCUT2D eigenvalue weighted by atomic mass is 9.78. The maximum absolute atomic E-state index is 14.4. The number of aryl methyl sites for hydroxylation is 1. The van der Waals surface area contributed by atoms with Crippen LogP contribution in [0.5, 0.6) is 0 Å². The van der Waals surface area contributed by atoms with Crippen LogP contribution in [0.3, 0.4) is 0 Å². The summed E-state index contributed by atoms with van der Waals surface area (Å²) in [5, 5.41) is 9.68. The van der Waals surface area contributed by atoms with E-state index in [2.05, 4.69) is 31.2 Å². The lowest BCUT2D eigenvalue weighted by Gasteiger charge is -2.28. The Hall–Kier alpha value is -2.73. The van der Waals surface area contributed by atoms with Crippen LogP contribution in [0.15, 0.2) is 48.5 Å². The normalized spacial score (nSPS) is 18.8. The van der Waals surface area contributed by atoms with Crippen molar-refractivity contribution in [3.05, 3.63) is 71.3 Å². The van der Waals surface area contributed by atoms with Crippen LogP contribution in [0.4, 0.5) is 8.78 Å². The second kappa shape index (κ2) is 9.60. The molecule has 0 atom stereocenters. The van der Waals surface area contributed by atoms with Gasteiger partial charge >= 0.3 is 0 Å². The topological polar surface area (TPSA) is 23.8 Å². The Labute approximate surface area is 183 Å². The minimum absolute atomic E-state index is 0.270. The van der Waals surface area contributed by atoms with Gasteiger partial charge in [0.2, 0.25) is 0 Å². The van der Waals surface area contributed by atoms with Crippen molar-refractivity contribution < 1.29 is 8.78 Å². The molecule has 0 aliphatic heterocycles. The molecule has 0 spiro atoms. The van der Waals surface area contributed by atoms with Gasteiger partial charge in [-0.05, 0) is 58.9 Å². The molecule has 0 N–H and O–H groups in total. The summed E-state index contributed by atoms with van der Waals surface area (Å²) in [4.78, 5) is 0. The predicted molar refractivity (Wildman–Crippen MR) is 123 cm³/mol. The van der Waals surface area contributed by atoms with Crippen molar-refractivity contribution in [1.29, 1.82) is 5.26 Å². The molecule has 3 heteroatoms. The predicted octanol–water partition coefficient (Wildman–Crippen LogP) is 8.20. The Morgan fingerprint density at radius 2 is 1.52 bits per heavy atom. The van der Waals surface area contributed by atoms with E-state index in [1.54, 1.807) is 18.2 Å². The molecule has 1 aliphatic rings. The van der Waals surface area contributed by atoms with Crippen molar-refractivity contribution in [2.24, 2.45) is 11.8 Å². The third-order valence-corrected chi connectivity index (χ3v) is 6.93. The fourth-order valence-corrected chi connectivity index (χ4v) is 5.06. The molecule has 0 saturated heterocycles. The van der Waals surface area contributed by atoms with Crippen molar-refractivity contribution in [2.75, 3.05) is 0 Å². The minimum Gasteiger partial charge on any atom is -0.205 e. The van der Waals surface area contributed by atoms with Gasteiger partial charge in [-0.1, -0.05) is 81.8 Å². The standard InChI is InChI=1S/C28H29F2N/c1-2-3-19-4-6-20(7-5-19)8-9-21-10-12-22(13-11-21)23-14-15-25-24(16-23)17-27(29)26(18-31)28(25)30/h10-17,19-20H,2-9H2,1H3. The molecule has 1 saturated carbocycles. The number of benzene rings is 3. The van der Waals surface area contributed by atoms with E-state index in [1.165, 1.54) is 56.6 Å². The summed E-state index contributed by atoms with van der Waals surface area (Å²) in [6, 6.07) is 16.6. The molecule has 1 nitrogen and oxygen atoms in total. The summed E-state index contributed by atoms with van der Waals surface area (Å²) in [5.41, 5.74) is 2.76. The van der Waals surface area contributed by atoms with E-state index in [0.717, 1.165) is 29.4 Å². The molecular formula is C28H29F2N. The van der Waals surface area contributed by atoms with E-state index in [9.17, 15) is 8.78 Å². The van der Waals surface area contributed by atoms with Crippen LogP contribution in [0.2, 0.25) is 0 Å². The summed E-state index contributed by atoms with van der Waals surface area (Å²) in [6.07, 6.45) is 10.6. The summed E-state index contributed by atoms with van der Waals surface area (Å²) < 4.78 is 28.4. The third-order valence-electron chi connectivity index (χ3n) is 6.93. The first-order chi connectivity index (χ1) is 15.1. The fourth-order valence-electron chi connectivity index (χ4n) is 5.06. The van der Waals surface area contributed by atoms with Gasteiger partial charge in [0.05, 0.1) is 0 Å². The fraction of sp³-hybridized carbons (Fsp3) is 0.393. The summed E-state index contributed by atoms with van der Waals surface area (Å²) in [5.74, 6) is 0.208. The summed E-state index contributed by atoms with van der Waals surface area (Å²) in [7, 11) is 0. The van der Waals surface area contributed by atoms with Gasteiger partial charge in [-0.2, -0.15) is 5.26 Å². The zero-order valence-electron chi connectivity index (χ0n) is 18.1. The van der Waals surface area contributed by atoms with Gasteiger partial charge in [0.15, 0.2) is 5.82 Å². The van der Waals surface area contributed by atoms with Gasteiger partial charge in [0.25, 0.3) is 0 Å². The number of hydrogen-bond acceptors (Lipinski definition) is 1. The van der Waals surface area contributed by atoms with Crippen molar-refractivity contribution in [1.82, 2.24) is 0 Å². The van der Waals surface area contributed by atoms with E-state index < -0.39 is 17.2 Å². The minimum atomic E-state index is -0.816. The van der Waals surface area contributed by atoms with E-state index in [1.807, 2.05) is 6.07 Å². The van der Waals surface area contributed by atoms with Crippen LogP contribution in [-0.4, -0.2) is 0 Å². The van der Waals surface area contributed by atoms with E-state index in [-0.39, 0.29) is 5.39 Å². The molecule has 0 radical (unpaired) electrons. The number of rotatable bonds is 6. The van der Waals surface area contributed by atoms with Crippen molar-refractivity contribution in [3.8, 4) is 17.2 Å².